The normalized spacial score (nSPS) is 9.67. The van der Waals surface area contributed by atoms with E-state index in [9.17, 15) is 9.59 Å². The van der Waals surface area contributed by atoms with Gasteiger partial charge in [-0.05, 0) is 17.7 Å². The van der Waals surface area contributed by atoms with Crippen LogP contribution in [0, 0.1) is 0 Å². The van der Waals surface area contributed by atoms with Crippen molar-refractivity contribution in [2.75, 3.05) is 7.11 Å². The first-order valence-corrected chi connectivity index (χ1v) is 5.68. The number of benzene rings is 1. The fourth-order valence-electron chi connectivity index (χ4n) is 1.28. The molecule has 0 radical (unpaired) electrons. The zero-order valence-electron chi connectivity index (χ0n) is 10.0. The monoisotopic (exact) mass is 267 g/mol. The fourth-order valence-corrected chi connectivity index (χ4v) is 1.40. The molecule has 0 bridgehead atoms. The van der Waals surface area contributed by atoms with E-state index in [1.807, 2.05) is 12.1 Å². The summed E-state index contributed by atoms with van der Waals surface area (Å²) in [4.78, 5) is 22.6. The maximum atomic E-state index is 11.5. The van der Waals surface area contributed by atoms with E-state index < -0.39 is 5.97 Å². The molecule has 18 heavy (non-hydrogen) atoms. The lowest BCUT2D eigenvalue weighted by molar-refractivity contribution is -0.137. The van der Waals surface area contributed by atoms with Crippen molar-refractivity contribution in [3.63, 3.8) is 0 Å². The van der Waals surface area contributed by atoms with Crippen LogP contribution in [0.1, 0.15) is 12.0 Å². The van der Waals surface area contributed by atoms with Crippen molar-refractivity contribution in [2.24, 2.45) is 0 Å². The summed E-state index contributed by atoms with van der Waals surface area (Å²) in [5.74, 6) is -0.850. The van der Waals surface area contributed by atoms with Gasteiger partial charge in [0.25, 0.3) is 0 Å². The molecule has 0 atom stereocenters. The first-order valence-electron chi connectivity index (χ1n) is 5.30. The second kappa shape index (κ2) is 6.81. The van der Waals surface area contributed by atoms with E-state index in [4.69, 9.17) is 11.6 Å². The minimum absolute atomic E-state index is 0.0692. The van der Waals surface area contributed by atoms with Gasteiger partial charge in [-0.2, -0.15) is 0 Å². The molecule has 0 saturated heterocycles. The van der Waals surface area contributed by atoms with Crippen LogP contribution in [0.5, 0.6) is 0 Å². The third-order valence-electron chi connectivity index (χ3n) is 2.25. The Morgan fingerprint density at radius 2 is 1.94 bits per heavy atom. The molecule has 0 aliphatic carbocycles. The predicted molar refractivity (Wildman–Crippen MR) is 69.1 cm³/mol. The summed E-state index contributed by atoms with van der Waals surface area (Å²) in [5, 5.41) is 3.32. The van der Waals surface area contributed by atoms with Gasteiger partial charge in [-0.25, -0.2) is 4.79 Å². The Kier molecular flexibility index (Phi) is 5.39. The van der Waals surface area contributed by atoms with Crippen molar-refractivity contribution in [3.8, 4) is 0 Å². The van der Waals surface area contributed by atoms with Crippen LogP contribution in [0.15, 0.2) is 36.4 Å². The van der Waals surface area contributed by atoms with Crippen molar-refractivity contribution in [2.45, 2.75) is 13.0 Å². The molecule has 1 amide bonds. The predicted octanol–water partition coefficient (Wildman–Crippen LogP) is 2.08. The highest BCUT2D eigenvalue weighted by atomic mass is 35.5. The van der Waals surface area contributed by atoms with Crippen LogP contribution in [-0.4, -0.2) is 19.0 Å². The lowest BCUT2D eigenvalue weighted by Crippen LogP contribution is -2.24. The smallest absolute Gasteiger partial charge is 0.333 e. The van der Waals surface area contributed by atoms with Crippen molar-refractivity contribution in [1.82, 2.24) is 5.32 Å². The quantitative estimate of drug-likeness (QED) is 0.656. The maximum Gasteiger partial charge on any atom is 0.333 e. The summed E-state index contributed by atoms with van der Waals surface area (Å²) in [6.07, 6.45) is -0.0692. The Labute approximate surface area is 111 Å². The van der Waals surface area contributed by atoms with Crippen molar-refractivity contribution < 1.29 is 14.3 Å². The number of rotatable bonds is 5. The number of halogens is 1. The molecule has 1 aromatic rings. The molecule has 0 saturated carbocycles. The molecule has 0 fully saturated rings. The Hall–Kier alpha value is -1.81. The summed E-state index contributed by atoms with van der Waals surface area (Å²) in [6, 6.07) is 7.13. The molecule has 0 aliphatic heterocycles. The Morgan fingerprint density at radius 1 is 1.33 bits per heavy atom. The first-order chi connectivity index (χ1) is 8.52. The summed E-state index contributed by atoms with van der Waals surface area (Å²) in [7, 11) is 1.25. The average Bonchev–Trinajstić information content (AvgIpc) is 2.37. The highest BCUT2D eigenvalue weighted by Crippen LogP contribution is 2.09. The van der Waals surface area contributed by atoms with Gasteiger partial charge in [-0.3, -0.25) is 4.79 Å². The van der Waals surface area contributed by atoms with E-state index in [0.717, 1.165) is 5.56 Å². The van der Waals surface area contributed by atoms with Crippen LogP contribution < -0.4 is 5.32 Å². The van der Waals surface area contributed by atoms with Crippen molar-refractivity contribution >= 4 is 23.5 Å². The topological polar surface area (TPSA) is 55.4 Å². The standard InChI is InChI=1S/C13H14ClNO3/c1-9(13(17)18-2)7-12(16)15-8-10-3-5-11(14)6-4-10/h3-6H,1,7-8H2,2H3,(H,15,16). The number of nitrogens with one attached hydrogen (secondary N) is 1. The fraction of sp³-hybridized carbons (Fsp3) is 0.231. The largest absolute Gasteiger partial charge is 0.466 e. The summed E-state index contributed by atoms with van der Waals surface area (Å²) in [5.41, 5.74) is 1.06. The molecule has 5 heteroatoms. The second-order valence-corrected chi connectivity index (χ2v) is 4.11. The van der Waals surface area contributed by atoms with E-state index in [-0.39, 0.29) is 17.9 Å². The molecule has 4 nitrogen and oxygen atoms in total. The van der Waals surface area contributed by atoms with Gasteiger partial charge in [-0.15, -0.1) is 0 Å². The van der Waals surface area contributed by atoms with E-state index >= 15 is 0 Å². The minimum atomic E-state index is -0.573. The summed E-state index contributed by atoms with van der Waals surface area (Å²) >= 11 is 5.74. The summed E-state index contributed by atoms with van der Waals surface area (Å²) in [6.45, 7) is 3.86. The van der Waals surface area contributed by atoms with Gasteiger partial charge in [-0.1, -0.05) is 30.3 Å². The van der Waals surface area contributed by atoms with E-state index in [1.54, 1.807) is 12.1 Å². The van der Waals surface area contributed by atoms with Gasteiger partial charge in [0.1, 0.15) is 0 Å². The van der Waals surface area contributed by atoms with Crippen LogP contribution in [0.4, 0.5) is 0 Å². The van der Waals surface area contributed by atoms with Crippen molar-refractivity contribution in [3.05, 3.63) is 47.0 Å². The van der Waals surface area contributed by atoms with Gasteiger partial charge in [0, 0.05) is 17.1 Å². The second-order valence-electron chi connectivity index (χ2n) is 3.68. The number of hydrogen-bond donors (Lipinski definition) is 1. The number of ether oxygens (including phenoxy) is 1. The molecule has 1 N–H and O–H groups in total. The molecule has 0 unspecified atom stereocenters. The van der Waals surface area contributed by atoms with Gasteiger partial charge in [0.15, 0.2) is 0 Å². The molecule has 0 aromatic heterocycles. The van der Waals surface area contributed by atoms with Gasteiger partial charge >= 0.3 is 5.97 Å². The van der Waals surface area contributed by atoms with Crippen LogP contribution in [0.3, 0.4) is 0 Å². The number of carbonyl (C=O) groups excluding carboxylic acids is 2. The van der Waals surface area contributed by atoms with E-state index in [0.29, 0.717) is 11.6 Å². The van der Waals surface area contributed by atoms with Gasteiger partial charge < -0.3 is 10.1 Å². The minimum Gasteiger partial charge on any atom is -0.466 e. The lowest BCUT2D eigenvalue weighted by Gasteiger charge is -2.06. The summed E-state index contributed by atoms with van der Waals surface area (Å²) < 4.78 is 4.46. The number of methoxy groups -OCH3 is 1. The average molecular weight is 268 g/mol. The van der Waals surface area contributed by atoms with Crippen LogP contribution >= 0.6 is 11.6 Å². The molecule has 0 spiro atoms. The lowest BCUT2D eigenvalue weighted by atomic mass is 10.2. The Bertz CT molecular complexity index is 454. The first kappa shape index (κ1) is 14.3. The Balaban J connectivity index is 2.40. The van der Waals surface area contributed by atoms with Crippen LogP contribution in [0.25, 0.3) is 0 Å². The highest BCUT2D eigenvalue weighted by Gasteiger charge is 2.11. The van der Waals surface area contributed by atoms with Crippen LogP contribution in [0.2, 0.25) is 5.02 Å². The van der Waals surface area contributed by atoms with Gasteiger partial charge in [0.05, 0.1) is 13.5 Å². The molecule has 1 aromatic carbocycles. The highest BCUT2D eigenvalue weighted by molar-refractivity contribution is 6.30. The van der Waals surface area contributed by atoms with E-state index in [2.05, 4.69) is 16.6 Å². The Morgan fingerprint density at radius 3 is 2.50 bits per heavy atom. The number of esters is 1. The molecule has 0 aliphatic rings. The molecular weight excluding hydrogens is 254 g/mol. The number of hydrogen-bond acceptors (Lipinski definition) is 3. The van der Waals surface area contributed by atoms with E-state index in [1.165, 1.54) is 7.11 Å². The molecule has 0 heterocycles. The van der Waals surface area contributed by atoms with Crippen molar-refractivity contribution in [1.29, 1.82) is 0 Å². The molecule has 1 rings (SSSR count). The number of amides is 1. The zero-order chi connectivity index (χ0) is 13.5. The third-order valence-corrected chi connectivity index (χ3v) is 2.50. The number of carbonyl (C=O) groups is 2. The molecular formula is C13H14ClNO3. The SMILES string of the molecule is C=C(CC(=O)NCc1ccc(Cl)cc1)C(=O)OC. The third kappa shape index (κ3) is 4.59. The zero-order valence-corrected chi connectivity index (χ0v) is 10.8. The van der Waals surface area contributed by atoms with Crippen LogP contribution in [-0.2, 0) is 20.9 Å². The maximum absolute atomic E-state index is 11.5. The van der Waals surface area contributed by atoms with Gasteiger partial charge in [0.2, 0.25) is 5.91 Å². The molecule has 96 valence electrons.